The molecule has 1 unspecified atom stereocenters. The van der Waals surface area contributed by atoms with Gasteiger partial charge in [0, 0.05) is 31.4 Å². The van der Waals surface area contributed by atoms with E-state index in [9.17, 15) is 13.6 Å². The van der Waals surface area contributed by atoms with Crippen molar-refractivity contribution in [3.05, 3.63) is 48.4 Å². The number of hydrogen-bond donors (Lipinski definition) is 1. The normalized spacial score (nSPS) is 16.2. The Morgan fingerprint density at radius 3 is 2.52 bits per heavy atom. The van der Waals surface area contributed by atoms with E-state index < -0.39 is 6.61 Å². The average Bonchev–Trinajstić information content (AvgIpc) is 2.69. The highest BCUT2D eigenvalue weighted by Gasteiger charge is 2.26. The van der Waals surface area contributed by atoms with Gasteiger partial charge in [-0.3, -0.25) is 9.78 Å². The SMILES string of the molecule is CC(NC(=O)C1CCN(c2cnccn2)CC1)c1ccc(OC(F)F)cc1. The molecule has 8 heteroatoms. The number of hydrogen-bond acceptors (Lipinski definition) is 5. The summed E-state index contributed by atoms with van der Waals surface area (Å²) in [4.78, 5) is 23.0. The van der Waals surface area contributed by atoms with E-state index in [1.165, 1.54) is 12.1 Å². The zero-order valence-electron chi connectivity index (χ0n) is 15.0. The Bertz CT molecular complexity index is 735. The number of alkyl halides is 2. The number of carbonyl (C=O) groups excluding carboxylic acids is 1. The van der Waals surface area contributed by atoms with Crippen LogP contribution in [0.4, 0.5) is 14.6 Å². The van der Waals surface area contributed by atoms with Crippen LogP contribution in [-0.4, -0.2) is 35.6 Å². The minimum atomic E-state index is -2.85. The summed E-state index contributed by atoms with van der Waals surface area (Å²) >= 11 is 0. The molecule has 1 fully saturated rings. The summed E-state index contributed by atoms with van der Waals surface area (Å²) in [5.74, 6) is 0.885. The number of carbonyl (C=O) groups is 1. The maximum Gasteiger partial charge on any atom is 0.387 e. The first-order chi connectivity index (χ1) is 13.0. The van der Waals surface area contributed by atoms with Crippen molar-refractivity contribution in [3.8, 4) is 5.75 Å². The highest BCUT2D eigenvalue weighted by molar-refractivity contribution is 5.79. The van der Waals surface area contributed by atoms with Gasteiger partial charge in [-0.25, -0.2) is 4.98 Å². The summed E-state index contributed by atoms with van der Waals surface area (Å²) in [5, 5.41) is 3.01. The Kier molecular flexibility index (Phi) is 6.16. The molecule has 0 spiro atoms. The number of amides is 1. The molecule has 1 N–H and O–H groups in total. The number of nitrogens with zero attached hydrogens (tertiary/aromatic N) is 3. The van der Waals surface area contributed by atoms with Gasteiger partial charge >= 0.3 is 6.61 Å². The molecule has 2 aromatic rings. The molecule has 1 aliphatic heterocycles. The molecule has 3 rings (SSSR count). The van der Waals surface area contributed by atoms with Crippen molar-refractivity contribution in [2.45, 2.75) is 32.4 Å². The molecule has 0 saturated carbocycles. The van der Waals surface area contributed by atoms with Crippen LogP contribution in [0.25, 0.3) is 0 Å². The molecule has 1 amide bonds. The topological polar surface area (TPSA) is 67.4 Å². The first-order valence-electron chi connectivity index (χ1n) is 8.89. The molecular formula is C19H22F2N4O2. The molecule has 0 bridgehead atoms. The van der Waals surface area contributed by atoms with Crippen LogP contribution in [0.15, 0.2) is 42.9 Å². The Morgan fingerprint density at radius 2 is 1.93 bits per heavy atom. The van der Waals surface area contributed by atoms with Crippen LogP contribution in [0.2, 0.25) is 0 Å². The fraction of sp³-hybridized carbons (Fsp3) is 0.421. The highest BCUT2D eigenvalue weighted by Crippen LogP contribution is 2.23. The van der Waals surface area contributed by atoms with Crippen LogP contribution in [0.5, 0.6) is 5.75 Å². The minimum Gasteiger partial charge on any atom is -0.435 e. The van der Waals surface area contributed by atoms with E-state index in [2.05, 4.69) is 24.9 Å². The highest BCUT2D eigenvalue weighted by atomic mass is 19.3. The first kappa shape index (κ1) is 19.0. The van der Waals surface area contributed by atoms with E-state index in [1.807, 2.05) is 6.92 Å². The Labute approximate surface area is 156 Å². The molecule has 1 atom stereocenters. The second kappa shape index (κ2) is 8.75. The largest absolute Gasteiger partial charge is 0.435 e. The van der Waals surface area contributed by atoms with E-state index in [1.54, 1.807) is 30.7 Å². The van der Waals surface area contributed by atoms with Gasteiger partial charge in [0.15, 0.2) is 0 Å². The van der Waals surface area contributed by atoms with Crippen LogP contribution >= 0.6 is 0 Å². The van der Waals surface area contributed by atoms with Gasteiger partial charge in [0.25, 0.3) is 0 Å². The van der Waals surface area contributed by atoms with Crippen molar-refractivity contribution in [2.24, 2.45) is 5.92 Å². The summed E-state index contributed by atoms with van der Waals surface area (Å²) in [6.07, 6.45) is 6.52. The number of benzene rings is 1. The summed E-state index contributed by atoms with van der Waals surface area (Å²) in [7, 11) is 0. The lowest BCUT2D eigenvalue weighted by Crippen LogP contribution is -2.41. The third-order valence-corrected chi connectivity index (χ3v) is 4.70. The van der Waals surface area contributed by atoms with Crippen LogP contribution < -0.4 is 15.0 Å². The molecule has 144 valence electrons. The van der Waals surface area contributed by atoms with Crippen molar-refractivity contribution in [1.82, 2.24) is 15.3 Å². The van der Waals surface area contributed by atoms with Crippen LogP contribution in [0.1, 0.15) is 31.4 Å². The lowest BCUT2D eigenvalue weighted by Gasteiger charge is -2.32. The van der Waals surface area contributed by atoms with Crippen molar-refractivity contribution in [1.29, 1.82) is 0 Å². The van der Waals surface area contributed by atoms with Crippen LogP contribution in [-0.2, 0) is 4.79 Å². The van der Waals surface area contributed by atoms with Gasteiger partial charge in [-0.2, -0.15) is 8.78 Å². The van der Waals surface area contributed by atoms with E-state index in [-0.39, 0.29) is 23.6 Å². The molecule has 1 aliphatic rings. The predicted octanol–water partition coefficient (Wildman–Crippen LogP) is 3.17. The van der Waals surface area contributed by atoms with E-state index in [4.69, 9.17) is 0 Å². The van der Waals surface area contributed by atoms with E-state index in [0.717, 1.165) is 37.3 Å². The monoisotopic (exact) mass is 376 g/mol. The molecule has 1 aromatic carbocycles. The maximum atomic E-state index is 12.6. The van der Waals surface area contributed by atoms with Crippen LogP contribution in [0, 0.1) is 5.92 Å². The third kappa shape index (κ3) is 5.12. The number of anilines is 1. The minimum absolute atomic E-state index is 0.00852. The molecule has 1 aromatic heterocycles. The number of halogens is 2. The van der Waals surface area contributed by atoms with Crippen molar-refractivity contribution < 1.29 is 18.3 Å². The third-order valence-electron chi connectivity index (χ3n) is 4.70. The number of ether oxygens (including phenoxy) is 1. The van der Waals surface area contributed by atoms with Crippen molar-refractivity contribution >= 4 is 11.7 Å². The number of aromatic nitrogens is 2. The molecule has 1 saturated heterocycles. The molecule has 0 aliphatic carbocycles. The zero-order valence-corrected chi connectivity index (χ0v) is 15.0. The Balaban J connectivity index is 1.50. The Morgan fingerprint density at radius 1 is 1.22 bits per heavy atom. The maximum absolute atomic E-state index is 12.6. The van der Waals surface area contributed by atoms with Gasteiger partial charge in [0.2, 0.25) is 5.91 Å². The standard InChI is InChI=1S/C19H22F2N4O2/c1-13(14-2-4-16(5-3-14)27-19(20)21)24-18(26)15-6-10-25(11-7-15)17-12-22-8-9-23-17/h2-5,8-9,12-13,15,19H,6-7,10-11H2,1H3,(H,24,26). The van der Waals surface area contributed by atoms with Gasteiger partial charge in [-0.1, -0.05) is 12.1 Å². The Hall–Kier alpha value is -2.77. The number of nitrogens with one attached hydrogen (secondary N) is 1. The molecular weight excluding hydrogens is 354 g/mol. The summed E-state index contributed by atoms with van der Waals surface area (Å²) in [6, 6.07) is 6.10. The summed E-state index contributed by atoms with van der Waals surface area (Å²) in [6.45, 7) is 0.534. The fourth-order valence-corrected chi connectivity index (χ4v) is 3.18. The smallest absolute Gasteiger partial charge is 0.387 e. The molecule has 2 heterocycles. The first-order valence-corrected chi connectivity index (χ1v) is 8.89. The zero-order chi connectivity index (χ0) is 19.2. The fourth-order valence-electron chi connectivity index (χ4n) is 3.18. The van der Waals surface area contributed by atoms with Gasteiger partial charge in [-0.05, 0) is 37.5 Å². The lowest BCUT2D eigenvalue weighted by molar-refractivity contribution is -0.126. The second-order valence-electron chi connectivity index (χ2n) is 6.50. The lowest BCUT2D eigenvalue weighted by atomic mass is 9.95. The van der Waals surface area contributed by atoms with Gasteiger partial charge in [-0.15, -0.1) is 0 Å². The van der Waals surface area contributed by atoms with E-state index in [0.29, 0.717) is 0 Å². The molecule has 27 heavy (non-hydrogen) atoms. The van der Waals surface area contributed by atoms with Crippen molar-refractivity contribution in [3.63, 3.8) is 0 Å². The summed E-state index contributed by atoms with van der Waals surface area (Å²) in [5.41, 5.74) is 0.835. The summed E-state index contributed by atoms with van der Waals surface area (Å²) < 4.78 is 28.7. The molecule has 0 radical (unpaired) electrons. The second-order valence-corrected chi connectivity index (χ2v) is 6.50. The molecule has 6 nitrogen and oxygen atoms in total. The quantitative estimate of drug-likeness (QED) is 0.839. The predicted molar refractivity (Wildman–Crippen MR) is 96.6 cm³/mol. The average molecular weight is 376 g/mol. The van der Waals surface area contributed by atoms with Gasteiger partial charge in [0.1, 0.15) is 11.6 Å². The number of piperidine rings is 1. The van der Waals surface area contributed by atoms with Crippen LogP contribution in [0.3, 0.4) is 0 Å². The van der Waals surface area contributed by atoms with Gasteiger partial charge in [0.05, 0.1) is 12.2 Å². The number of rotatable bonds is 6. The van der Waals surface area contributed by atoms with Crippen molar-refractivity contribution in [2.75, 3.05) is 18.0 Å². The van der Waals surface area contributed by atoms with Gasteiger partial charge < -0.3 is 15.0 Å². The van der Waals surface area contributed by atoms with E-state index >= 15 is 0 Å².